The summed E-state index contributed by atoms with van der Waals surface area (Å²) < 4.78 is 6.84. The first-order valence-corrected chi connectivity index (χ1v) is 10.7. The Morgan fingerprint density at radius 1 is 1.21 bits per heavy atom. The molecule has 0 aliphatic heterocycles. The minimum absolute atomic E-state index is 0.0892. The maximum absolute atomic E-state index is 12.7. The molecule has 0 heterocycles. The van der Waals surface area contributed by atoms with Crippen LogP contribution in [-0.4, -0.2) is 37.7 Å². The van der Waals surface area contributed by atoms with Gasteiger partial charge in [-0.15, -0.1) is 0 Å². The van der Waals surface area contributed by atoms with Gasteiger partial charge in [0.2, 0.25) is 0 Å². The molecule has 3 nitrogen and oxygen atoms in total. The van der Waals surface area contributed by atoms with E-state index < -0.39 is 17.6 Å². The third kappa shape index (κ3) is 7.83. The zero-order valence-corrected chi connectivity index (χ0v) is 17.3. The van der Waals surface area contributed by atoms with Gasteiger partial charge in [0.05, 0.1) is 0 Å². The van der Waals surface area contributed by atoms with Gasteiger partial charge in [-0.25, -0.2) is 0 Å². The van der Waals surface area contributed by atoms with Crippen molar-refractivity contribution >= 4 is 25.4 Å². The van der Waals surface area contributed by atoms with E-state index in [1.165, 1.54) is 4.46 Å². The molecule has 1 N–H and O–H groups in total. The molecule has 0 saturated heterocycles. The maximum atomic E-state index is 12.7. The molecule has 0 aliphatic carbocycles. The van der Waals surface area contributed by atoms with Crippen molar-refractivity contribution < 1.29 is 14.6 Å². The van der Waals surface area contributed by atoms with Gasteiger partial charge in [-0.05, 0) is 0 Å². The number of benzene rings is 1. The number of carbonyl (C=O) groups excluding carboxylic acids is 1. The third-order valence-corrected chi connectivity index (χ3v) is 6.31. The molecular weight excluding hydrogens is 367 g/mol. The first kappa shape index (κ1) is 21.2. The average Bonchev–Trinajstić information content (AvgIpc) is 2.46. The van der Waals surface area contributed by atoms with Gasteiger partial charge in [0.1, 0.15) is 0 Å². The topological polar surface area (TPSA) is 46.5 Å². The van der Waals surface area contributed by atoms with Gasteiger partial charge in [0.25, 0.3) is 0 Å². The van der Waals surface area contributed by atoms with Crippen LogP contribution in [0.2, 0.25) is 4.82 Å². The van der Waals surface area contributed by atoms with E-state index in [0.717, 1.165) is 19.3 Å². The number of aliphatic hydroxyl groups excluding tert-OH is 1. The van der Waals surface area contributed by atoms with E-state index in [0.29, 0.717) is 6.42 Å². The number of carbonyl (C=O) groups is 1. The summed E-state index contributed by atoms with van der Waals surface area (Å²) in [4.78, 5) is 12.8. The number of hydrogen-bond donors (Lipinski definition) is 1. The molecule has 24 heavy (non-hydrogen) atoms. The first-order chi connectivity index (χ1) is 11.2. The van der Waals surface area contributed by atoms with Crippen LogP contribution in [0, 0.1) is 5.92 Å². The number of esters is 1. The Bertz CT molecular complexity index is 481. The van der Waals surface area contributed by atoms with Crippen molar-refractivity contribution in [2.45, 2.75) is 76.8 Å². The Balaban J connectivity index is 2.83. The van der Waals surface area contributed by atoms with Crippen molar-refractivity contribution in [3.05, 3.63) is 30.3 Å². The molecule has 0 radical (unpaired) electrons. The van der Waals surface area contributed by atoms with Crippen molar-refractivity contribution in [3.63, 3.8) is 0 Å². The molecule has 4 heteroatoms. The molecule has 1 aromatic rings. The number of aliphatic hydroxyl groups is 1. The van der Waals surface area contributed by atoms with Crippen LogP contribution in [-0.2, 0) is 9.53 Å². The van der Waals surface area contributed by atoms with Crippen LogP contribution < -0.4 is 4.46 Å². The molecule has 0 spiro atoms. The van der Waals surface area contributed by atoms with Gasteiger partial charge < -0.3 is 0 Å². The monoisotopic (exact) mass is 400 g/mol. The zero-order valence-electron chi connectivity index (χ0n) is 15.6. The van der Waals surface area contributed by atoms with Gasteiger partial charge >= 0.3 is 153 Å². The van der Waals surface area contributed by atoms with Crippen molar-refractivity contribution in [1.29, 1.82) is 0 Å². The molecule has 0 bridgehead atoms. The number of ether oxygens (including phenoxy) is 1. The van der Waals surface area contributed by atoms with Gasteiger partial charge in [0.15, 0.2) is 0 Å². The van der Waals surface area contributed by atoms with Crippen molar-refractivity contribution in [1.82, 2.24) is 0 Å². The standard InChI is InChI=1S/C20H32O3Se/c1-6-7-9-14-17(21)18(19(22)23-20(3,4)5)15(2)24-16-12-10-8-11-13-16/h8,10-13,15,17-18,21H,6-7,9,14H2,1-5H3/t15-,17+,18+/m1/s1. The van der Waals surface area contributed by atoms with E-state index >= 15 is 0 Å². The summed E-state index contributed by atoms with van der Waals surface area (Å²) in [5.41, 5.74) is -0.530. The van der Waals surface area contributed by atoms with Gasteiger partial charge in [0, 0.05) is 0 Å². The van der Waals surface area contributed by atoms with Gasteiger partial charge in [-0.3, -0.25) is 0 Å². The normalized spacial score (nSPS) is 15.6. The van der Waals surface area contributed by atoms with Crippen molar-refractivity contribution in [3.8, 4) is 0 Å². The number of rotatable bonds is 9. The summed E-state index contributed by atoms with van der Waals surface area (Å²) in [6.07, 6.45) is 3.16. The molecule has 0 aromatic heterocycles. The predicted molar refractivity (Wildman–Crippen MR) is 101 cm³/mol. The Morgan fingerprint density at radius 3 is 2.38 bits per heavy atom. The van der Waals surface area contributed by atoms with Crippen molar-refractivity contribution in [2.24, 2.45) is 5.92 Å². The molecular formula is C20H32O3Se. The Labute approximate surface area is 153 Å². The molecule has 0 aliphatic rings. The fourth-order valence-electron chi connectivity index (χ4n) is 2.60. The molecule has 3 atom stereocenters. The van der Waals surface area contributed by atoms with E-state index in [1.54, 1.807) is 0 Å². The second kappa shape index (κ2) is 10.2. The molecule has 0 unspecified atom stereocenters. The predicted octanol–water partition coefficient (Wildman–Crippen LogP) is 3.72. The first-order valence-electron chi connectivity index (χ1n) is 8.87. The number of hydrogen-bond acceptors (Lipinski definition) is 3. The Morgan fingerprint density at radius 2 is 1.83 bits per heavy atom. The molecule has 1 rings (SSSR count). The molecule has 0 fully saturated rings. The summed E-state index contributed by atoms with van der Waals surface area (Å²) >= 11 is 0.120. The van der Waals surface area contributed by atoms with Crippen LogP contribution in [0.5, 0.6) is 0 Å². The van der Waals surface area contributed by atoms with Crippen LogP contribution >= 0.6 is 0 Å². The van der Waals surface area contributed by atoms with E-state index in [-0.39, 0.29) is 25.7 Å². The molecule has 0 amide bonds. The van der Waals surface area contributed by atoms with E-state index in [9.17, 15) is 9.90 Å². The van der Waals surface area contributed by atoms with Gasteiger partial charge in [-0.1, -0.05) is 0 Å². The van der Waals surface area contributed by atoms with Crippen molar-refractivity contribution in [2.75, 3.05) is 0 Å². The molecule has 136 valence electrons. The van der Waals surface area contributed by atoms with Crippen LogP contribution in [0.4, 0.5) is 0 Å². The Hall–Kier alpha value is -0.831. The fraction of sp³-hybridized carbons (Fsp3) is 0.650. The molecule has 0 saturated carbocycles. The summed E-state index contributed by atoms with van der Waals surface area (Å²) in [5, 5.41) is 10.7. The fourth-order valence-corrected chi connectivity index (χ4v) is 5.08. The Kier molecular flexibility index (Phi) is 9.04. The SMILES string of the molecule is CCCCC[C@H](O)[C@@H](C(=O)OC(C)(C)C)[C@@H](C)[Se]c1ccccc1. The zero-order chi connectivity index (χ0) is 18.2. The quantitative estimate of drug-likeness (QED) is 0.391. The summed E-state index contributed by atoms with van der Waals surface area (Å²) in [6, 6.07) is 10.2. The van der Waals surface area contributed by atoms with E-state index in [1.807, 2.05) is 39.0 Å². The molecule has 1 aromatic carbocycles. The average molecular weight is 399 g/mol. The van der Waals surface area contributed by atoms with Crippen LogP contribution in [0.15, 0.2) is 30.3 Å². The second-order valence-corrected chi connectivity index (χ2v) is 10.3. The summed E-state index contributed by atoms with van der Waals surface area (Å²) in [7, 11) is 0. The second-order valence-electron chi connectivity index (χ2n) is 7.26. The van der Waals surface area contributed by atoms with E-state index in [2.05, 4.69) is 26.0 Å². The summed E-state index contributed by atoms with van der Waals surface area (Å²) in [5.74, 6) is -0.724. The van der Waals surface area contributed by atoms with Crippen LogP contribution in [0.1, 0.15) is 60.3 Å². The van der Waals surface area contributed by atoms with Crippen LogP contribution in [0.25, 0.3) is 0 Å². The van der Waals surface area contributed by atoms with Gasteiger partial charge in [-0.2, -0.15) is 0 Å². The number of unbranched alkanes of at least 4 members (excludes halogenated alkanes) is 2. The minimum atomic E-state index is -0.632. The van der Waals surface area contributed by atoms with E-state index in [4.69, 9.17) is 4.74 Å². The van der Waals surface area contributed by atoms with Crippen LogP contribution in [0.3, 0.4) is 0 Å². The third-order valence-electron chi connectivity index (χ3n) is 3.77. The summed E-state index contributed by atoms with van der Waals surface area (Å²) in [6.45, 7) is 9.82.